The average Bonchev–Trinajstić information content (AvgIpc) is 3.55. The fourth-order valence-corrected chi connectivity index (χ4v) is 6.30. The molecule has 2 fully saturated rings. The van der Waals surface area contributed by atoms with Crippen molar-refractivity contribution in [2.75, 3.05) is 12.1 Å². The zero-order valence-corrected chi connectivity index (χ0v) is 20.1. The Balaban J connectivity index is 1.42. The van der Waals surface area contributed by atoms with Gasteiger partial charge in [-0.25, -0.2) is 0 Å². The maximum absolute atomic E-state index is 13.9. The second-order valence-electron chi connectivity index (χ2n) is 9.64. The maximum atomic E-state index is 13.9. The molecule has 11 heteroatoms. The van der Waals surface area contributed by atoms with E-state index in [1.807, 2.05) is 6.92 Å². The topological polar surface area (TPSA) is 140 Å². The molecule has 4 heterocycles. The third-order valence-electron chi connectivity index (χ3n) is 7.49. The number of nitrogens with two attached hydrogens (primary N) is 1. The predicted octanol–water partition coefficient (Wildman–Crippen LogP) is 1.56. The SMILES string of the molecule is Cc1cc(Cl)c2c(c1)[C@@]1(N[C@H](CCC(N)=O)[C@H]3C(=O)N(Cc4ccc5c(c4)OCO5)C(=O)[C@H]31)C(=O)N2. The van der Waals surface area contributed by atoms with E-state index >= 15 is 0 Å². The zero-order valence-electron chi connectivity index (χ0n) is 19.3. The molecule has 1 spiro atoms. The van der Waals surface area contributed by atoms with Gasteiger partial charge in [-0.3, -0.25) is 29.4 Å². The summed E-state index contributed by atoms with van der Waals surface area (Å²) in [7, 11) is 0. The molecular weight excluding hydrogens is 488 g/mol. The summed E-state index contributed by atoms with van der Waals surface area (Å²) < 4.78 is 10.8. The summed E-state index contributed by atoms with van der Waals surface area (Å²) in [5.74, 6) is -2.56. The third-order valence-corrected chi connectivity index (χ3v) is 7.79. The van der Waals surface area contributed by atoms with Gasteiger partial charge in [-0.15, -0.1) is 0 Å². The van der Waals surface area contributed by atoms with Gasteiger partial charge in [-0.05, 0) is 42.7 Å². The minimum Gasteiger partial charge on any atom is -0.454 e. The van der Waals surface area contributed by atoms with Gasteiger partial charge in [0, 0.05) is 18.0 Å². The first-order valence-electron chi connectivity index (χ1n) is 11.6. The van der Waals surface area contributed by atoms with E-state index in [1.54, 1.807) is 30.3 Å². The molecule has 0 saturated carbocycles. The van der Waals surface area contributed by atoms with Gasteiger partial charge in [0.2, 0.25) is 30.4 Å². The highest BCUT2D eigenvalue weighted by Gasteiger charge is 2.70. The molecule has 0 aromatic heterocycles. The average molecular weight is 511 g/mol. The number of benzene rings is 2. The number of aryl methyl sites for hydroxylation is 1. The lowest BCUT2D eigenvalue weighted by Gasteiger charge is -2.29. The predicted molar refractivity (Wildman–Crippen MR) is 127 cm³/mol. The molecule has 0 radical (unpaired) electrons. The molecule has 2 aromatic carbocycles. The normalized spacial score (nSPS) is 27.6. The van der Waals surface area contributed by atoms with Gasteiger partial charge in [0.15, 0.2) is 11.5 Å². The standard InChI is InChI=1S/C25H23ClN4O6/c1-11-6-13-21(14(26)7-11)28-24(34)25(13)20-19(15(29-25)3-5-18(27)31)22(32)30(23(20)33)9-12-2-4-16-17(8-12)36-10-35-16/h2,4,6-8,15,19-20,29H,3,5,9-10H2,1H3,(H2,27,31)(H,28,34)/t15-,19-,20+,25+/m1/s1. The van der Waals surface area contributed by atoms with Crippen molar-refractivity contribution in [1.82, 2.24) is 10.2 Å². The first kappa shape index (κ1) is 22.8. The van der Waals surface area contributed by atoms with Gasteiger partial charge in [-0.1, -0.05) is 23.7 Å². The number of ether oxygens (including phenoxy) is 2. The zero-order chi connectivity index (χ0) is 25.4. The van der Waals surface area contributed by atoms with Gasteiger partial charge in [0.05, 0.1) is 29.1 Å². The quantitative estimate of drug-likeness (QED) is 0.518. The lowest BCUT2D eigenvalue weighted by atomic mass is 9.76. The van der Waals surface area contributed by atoms with E-state index in [4.69, 9.17) is 26.8 Å². The smallest absolute Gasteiger partial charge is 0.250 e. The molecule has 0 unspecified atom stereocenters. The Morgan fingerprint density at radius 2 is 1.94 bits per heavy atom. The summed E-state index contributed by atoms with van der Waals surface area (Å²) >= 11 is 6.44. The van der Waals surface area contributed by atoms with Crippen LogP contribution in [0.2, 0.25) is 5.02 Å². The van der Waals surface area contributed by atoms with Crippen molar-refractivity contribution in [3.05, 3.63) is 52.0 Å². The molecule has 0 bridgehead atoms. The minimum absolute atomic E-state index is 0.00362. The van der Waals surface area contributed by atoms with Crippen LogP contribution in [0.4, 0.5) is 5.69 Å². The summed E-state index contributed by atoms with van der Waals surface area (Å²) in [5.41, 5.74) is 6.34. The van der Waals surface area contributed by atoms with Crippen LogP contribution in [0.15, 0.2) is 30.3 Å². The number of imide groups is 1. The van der Waals surface area contributed by atoms with E-state index in [0.29, 0.717) is 33.3 Å². The number of anilines is 1. The van der Waals surface area contributed by atoms with Crippen molar-refractivity contribution < 1.29 is 28.7 Å². The number of hydrogen-bond donors (Lipinski definition) is 3. The molecule has 36 heavy (non-hydrogen) atoms. The Kier molecular flexibility index (Phi) is 5.03. The lowest BCUT2D eigenvalue weighted by molar-refractivity contribution is -0.143. The Bertz CT molecular complexity index is 1360. The number of likely N-dealkylation sites (tertiary alicyclic amines) is 1. The largest absolute Gasteiger partial charge is 0.454 e. The van der Waals surface area contributed by atoms with E-state index in [0.717, 1.165) is 5.56 Å². The number of rotatable bonds is 5. The van der Waals surface area contributed by atoms with Crippen molar-refractivity contribution in [3.63, 3.8) is 0 Å². The Morgan fingerprint density at radius 3 is 2.72 bits per heavy atom. The van der Waals surface area contributed by atoms with Crippen LogP contribution in [0.1, 0.15) is 29.5 Å². The summed E-state index contributed by atoms with van der Waals surface area (Å²) in [6.45, 7) is 1.97. The highest BCUT2D eigenvalue weighted by Crippen LogP contribution is 2.55. The monoisotopic (exact) mass is 510 g/mol. The number of halogens is 1. The Labute approximate surface area is 211 Å². The number of nitrogens with one attached hydrogen (secondary N) is 2. The molecule has 4 aliphatic rings. The van der Waals surface area contributed by atoms with Crippen molar-refractivity contribution in [3.8, 4) is 11.5 Å². The van der Waals surface area contributed by atoms with Crippen molar-refractivity contribution in [1.29, 1.82) is 0 Å². The highest BCUT2D eigenvalue weighted by molar-refractivity contribution is 6.35. The van der Waals surface area contributed by atoms with Gasteiger partial charge >= 0.3 is 0 Å². The molecule has 2 aromatic rings. The molecule has 0 aliphatic carbocycles. The summed E-state index contributed by atoms with van der Waals surface area (Å²) in [5, 5.41) is 6.44. The Hall–Kier alpha value is -3.63. The van der Waals surface area contributed by atoms with Gasteiger partial charge in [0.1, 0.15) is 5.54 Å². The van der Waals surface area contributed by atoms with E-state index in [9.17, 15) is 19.2 Å². The summed E-state index contributed by atoms with van der Waals surface area (Å²) in [6.07, 6.45) is 0.209. The second kappa shape index (κ2) is 7.94. The van der Waals surface area contributed by atoms with Crippen molar-refractivity contribution in [2.45, 2.75) is 37.9 Å². The van der Waals surface area contributed by atoms with E-state index < -0.39 is 47.0 Å². The summed E-state index contributed by atoms with van der Waals surface area (Å²) in [4.78, 5) is 53.9. The van der Waals surface area contributed by atoms with Crippen molar-refractivity contribution in [2.24, 2.45) is 17.6 Å². The molecule has 4 amide bonds. The molecule has 186 valence electrons. The minimum atomic E-state index is -1.49. The number of nitrogens with zero attached hydrogens (tertiary/aromatic N) is 1. The molecule has 4 atom stereocenters. The van der Waals surface area contributed by atoms with Gasteiger partial charge in [-0.2, -0.15) is 0 Å². The third kappa shape index (κ3) is 3.14. The highest BCUT2D eigenvalue weighted by atomic mass is 35.5. The van der Waals surface area contributed by atoms with Crippen LogP contribution in [0, 0.1) is 18.8 Å². The molecular formula is C25H23ClN4O6. The second-order valence-corrected chi connectivity index (χ2v) is 10.0. The van der Waals surface area contributed by atoms with Crippen LogP contribution in [0.25, 0.3) is 0 Å². The first-order valence-corrected chi connectivity index (χ1v) is 12.0. The number of fused-ring (bicyclic) bond motifs is 5. The van der Waals surface area contributed by atoms with Crippen LogP contribution in [-0.2, 0) is 31.3 Å². The maximum Gasteiger partial charge on any atom is 0.250 e. The molecule has 6 rings (SSSR count). The van der Waals surface area contributed by atoms with E-state index in [-0.39, 0.29) is 26.2 Å². The van der Waals surface area contributed by atoms with Crippen LogP contribution < -0.4 is 25.8 Å². The fraction of sp³-hybridized carbons (Fsp3) is 0.360. The number of carbonyl (C=O) groups excluding carboxylic acids is 4. The van der Waals surface area contributed by atoms with Gasteiger partial charge < -0.3 is 20.5 Å². The van der Waals surface area contributed by atoms with Gasteiger partial charge in [0.25, 0.3) is 0 Å². The number of primary amides is 1. The number of hydrogen-bond acceptors (Lipinski definition) is 7. The van der Waals surface area contributed by atoms with E-state index in [2.05, 4.69) is 10.6 Å². The molecule has 4 aliphatic heterocycles. The van der Waals surface area contributed by atoms with E-state index in [1.165, 1.54) is 4.90 Å². The number of amides is 4. The molecule has 10 nitrogen and oxygen atoms in total. The first-order chi connectivity index (χ1) is 17.2. The van der Waals surface area contributed by atoms with Crippen molar-refractivity contribution >= 4 is 40.9 Å². The van der Waals surface area contributed by atoms with Crippen LogP contribution in [0.3, 0.4) is 0 Å². The van der Waals surface area contributed by atoms with Crippen LogP contribution >= 0.6 is 11.6 Å². The Morgan fingerprint density at radius 1 is 1.17 bits per heavy atom. The van der Waals surface area contributed by atoms with Crippen LogP contribution in [0.5, 0.6) is 11.5 Å². The summed E-state index contributed by atoms with van der Waals surface area (Å²) in [6, 6.07) is 8.14. The molecule has 2 saturated heterocycles. The van der Waals surface area contributed by atoms with Crippen LogP contribution in [-0.4, -0.2) is 41.4 Å². The lowest BCUT2D eigenvalue weighted by Crippen LogP contribution is -2.53. The molecule has 4 N–H and O–H groups in total. The fourth-order valence-electron chi connectivity index (χ4n) is 5.98. The number of carbonyl (C=O) groups is 4.